The number of anilines is 1. The Kier molecular flexibility index (Phi) is 3.74. The summed E-state index contributed by atoms with van der Waals surface area (Å²) in [6.07, 6.45) is 3.15. The summed E-state index contributed by atoms with van der Waals surface area (Å²) in [6.45, 7) is 1.94. The van der Waals surface area contributed by atoms with E-state index < -0.39 is 0 Å². The molecule has 1 unspecified atom stereocenters. The van der Waals surface area contributed by atoms with Crippen molar-refractivity contribution in [2.45, 2.75) is 12.8 Å². The zero-order valence-electron chi connectivity index (χ0n) is 8.87. The van der Waals surface area contributed by atoms with Gasteiger partial charge in [-0.3, -0.25) is 4.79 Å². The SMILES string of the molecule is O=C(CC1CCNC1)Nc1ccc(Cl)cn1. The highest BCUT2D eigenvalue weighted by Crippen LogP contribution is 2.14. The van der Waals surface area contributed by atoms with Crippen molar-refractivity contribution >= 4 is 23.3 Å². The first kappa shape index (κ1) is 11.4. The Morgan fingerprint density at radius 1 is 1.62 bits per heavy atom. The number of hydrogen-bond donors (Lipinski definition) is 2. The van der Waals surface area contributed by atoms with Gasteiger partial charge >= 0.3 is 0 Å². The van der Waals surface area contributed by atoms with Crippen molar-refractivity contribution in [3.05, 3.63) is 23.4 Å². The molecular weight excluding hydrogens is 226 g/mol. The van der Waals surface area contributed by atoms with Crippen LogP contribution >= 0.6 is 11.6 Å². The number of rotatable bonds is 3. The lowest BCUT2D eigenvalue weighted by molar-refractivity contribution is -0.117. The van der Waals surface area contributed by atoms with Crippen LogP contribution in [0.25, 0.3) is 0 Å². The van der Waals surface area contributed by atoms with Gasteiger partial charge in [0.05, 0.1) is 5.02 Å². The van der Waals surface area contributed by atoms with Gasteiger partial charge in [0.25, 0.3) is 0 Å². The van der Waals surface area contributed by atoms with Gasteiger partial charge in [0.15, 0.2) is 0 Å². The highest BCUT2D eigenvalue weighted by molar-refractivity contribution is 6.30. The first-order valence-electron chi connectivity index (χ1n) is 5.36. The van der Waals surface area contributed by atoms with Crippen LogP contribution in [-0.2, 0) is 4.79 Å². The van der Waals surface area contributed by atoms with E-state index in [0.717, 1.165) is 19.5 Å². The molecule has 0 bridgehead atoms. The second kappa shape index (κ2) is 5.27. The van der Waals surface area contributed by atoms with E-state index in [1.807, 2.05) is 0 Å². The number of halogens is 1. The van der Waals surface area contributed by atoms with Crippen molar-refractivity contribution in [3.8, 4) is 0 Å². The molecule has 1 atom stereocenters. The van der Waals surface area contributed by atoms with E-state index in [2.05, 4.69) is 15.6 Å². The molecule has 0 aromatic carbocycles. The van der Waals surface area contributed by atoms with Crippen molar-refractivity contribution < 1.29 is 4.79 Å². The van der Waals surface area contributed by atoms with Gasteiger partial charge in [-0.2, -0.15) is 0 Å². The predicted molar refractivity (Wildman–Crippen MR) is 63.5 cm³/mol. The zero-order chi connectivity index (χ0) is 11.4. The Morgan fingerprint density at radius 2 is 2.50 bits per heavy atom. The fraction of sp³-hybridized carbons (Fsp3) is 0.455. The smallest absolute Gasteiger partial charge is 0.225 e. The Balaban J connectivity index is 1.84. The van der Waals surface area contributed by atoms with Crippen LogP contribution < -0.4 is 10.6 Å². The molecule has 1 aliphatic heterocycles. The van der Waals surface area contributed by atoms with Crippen LogP contribution in [0.4, 0.5) is 5.82 Å². The maximum Gasteiger partial charge on any atom is 0.225 e. The zero-order valence-corrected chi connectivity index (χ0v) is 9.63. The predicted octanol–water partition coefficient (Wildman–Crippen LogP) is 1.67. The molecule has 0 saturated carbocycles. The van der Waals surface area contributed by atoms with Gasteiger partial charge < -0.3 is 10.6 Å². The molecule has 1 saturated heterocycles. The topological polar surface area (TPSA) is 54.0 Å². The number of aromatic nitrogens is 1. The Morgan fingerprint density at radius 3 is 3.12 bits per heavy atom. The van der Waals surface area contributed by atoms with Crippen LogP contribution in [0, 0.1) is 5.92 Å². The summed E-state index contributed by atoms with van der Waals surface area (Å²) in [4.78, 5) is 15.7. The van der Waals surface area contributed by atoms with E-state index in [4.69, 9.17) is 11.6 Å². The summed E-state index contributed by atoms with van der Waals surface area (Å²) in [5, 5.41) is 6.56. The molecule has 2 rings (SSSR count). The van der Waals surface area contributed by atoms with E-state index >= 15 is 0 Å². The number of nitrogens with one attached hydrogen (secondary N) is 2. The summed E-state index contributed by atoms with van der Waals surface area (Å²) < 4.78 is 0. The largest absolute Gasteiger partial charge is 0.316 e. The molecule has 1 aromatic heterocycles. The normalized spacial score (nSPS) is 19.7. The van der Waals surface area contributed by atoms with Crippen molar-refractivity contribution in [1.29, 1.82) is 0 Å². The standard InChI is InChI=1S/C11H14ClN3O/c12-9-1-2-10(14-7-9)15-11(16)5-8-3-4-13-6-8/h1-2,7-8,13H,3-6H2,(H,14,15,16). The van der Waals surface area contributed by atoms with E-state index in [9.17, 15) is 4.79 Å². The first-order chi connectivity index (χ1) is 7.74. The summed E-state index contributed by atoms with van der Waals surface area (Å²) in [6, 6.07) is 3.41. The van der Waals surface area contributed by atoms with Crippen molar-refractivity contribution in [2.75, 3.05) is 18.4 Å². The fourth-order valence-corrected chi connectivity index (χ4v) is 1.91. The molecule has 0 radical (unpaired) electrons. The second-order valence-corrected chi connectivity index (χ2v) is 4.41. The maximum absolute atomic E-state index is 11.6. The number of carbonyl (C=O) groups excluding carboxylic acids is 1. The number of carbonyl (C=O) groups is 1. The van der Waals surface area contributed by atoms with Gasteiger partial charge in [0, 0.05) is 12.6 Å². The third kappa shape index (κ3) is 3.18. The number of nitrogens with zero attached hydrogens (tertiary/aromatic N) is 1. The Hall–Kier alpha value is -1.13. The van der Waals surface area contributed by atoms with E-state index in [0.29, 0.717) is 23.2 Å². The summed E-state index contributed by atoms with van der Waals surface area (Å²) in [5.74, 6) is 1.02. The van der Waals surface area contributed by atoms with Crippen LogP contribution in [0.15, 0.2) is 18.3 Å². The summed E-state index contributed by atoms with van der Waals surface area (Å²) in [5.41, 5.74) is 0. The molecule has 1 aliphatic rings. The molecular formula is C11H14ClN3O. The summed E-state index contributed by atoms with van der Waals surface area (Å²) in [7, 11) is 0. The third-order valence-corrected chi connectivity index (χ3v) is 2.85. The van der Waals surface area contributed by atoms with Gasteiger partial charge in [0.1, 0.15) is 5.82 Å². The highest BCUT2D eigenvalue weighted by Gasteiger charge is 2.18. The van der Waals surface area contributed by atoms with Gasteiger partial charge in [-0.05, 0) is 37.6 Å². The average molecular weight is 240 g/mol. The molecule has 5 heteroatoms. The molecule has 2 N–H and O–H groups in total. The third-order valence-electron chi connectivity index (χ3n) is 2.63. The minimum atomic E-state index is 0.0172. The molecule has 1 aromatic rings. The molecule has 4 nitrogen and oxygen atoms in total. The number of hydrogen-bond acceptors (Lipinski definition) is 3. The lowest BCUT2D eigenvalue weighted by atomic mass is 10.0. The van der Waals surface area contributed by atoms with Crippen LogP contribution in [0.2, 0.25) is 5.02 Å². The van der Waals surface area contributed by atoms with Crippen molar-refractivity contribution in [1.82, 2.24) is 10.3 Å². The molecule has 2 heterocycles. The highest BCUT2D eigenvalue weighted by atomic mass is 35.5. The van der Waals surface area contributed by atoms with Gasteiger partial charge in [-0.15, -0.1) is 0 Å². The lowest BCUT2D eigenvalue weighted by Gasteiger charge is -2.08. The monoisotopic (exact) mass is 239 g/mol. The molecule has 16 heavy (non-hydrogen) atoms. The fourth-order valence-electron chi connectivity index (χ4n) is 1.79. The molecule has 86 valence electrons. The number of pyridine rings is 1. The Labute approximate surface area is 99.4 Å². The van der Waals surface area contributed by atoms with Gasteiger partial charge in [-0.1, -0.05) is 11.6 Å². The van der Waals surface area contributed by atoms with E-state index in [1.54, 1.807) is 12.1 Å². The number of amides is 1. The van der Waals surface area contributed by atoms with Crippen molar-refractivity contribution in [2.24, 2.45) is 5.92 Å². The van der Waals surface area contributed by atoms with E-state index in [-0.39, 0.29) is 5.91 Å². The molecule has 1 amide bonds. The van der Waals surface area contributed by atoms with Crippen LogP contribution in [-0.4, -0.2) is 24.0 Å². The second-order valence-electron chi connectivity index (χ2n) is 3.97. The van der Waals surface area contributed by atoms with E-state index in [1.165, 1.54) is 6.20 Å². The van der Waals surface area contributed by atoms with Gasteiger partial charge in [0.2, 0.25) is 5.91 Å². The van der Waals surface area contributed by atoms with Crippen LogP contribution in [0.3, 0.4) is 0 Å². The lowest BCUT2D eigenvalue weighted by Crippen LogP contribution is -2.18. The molecule has 1 fully saturated rings. The molecule has 0 aliphatic carbocycles. The van der Waals surface area contributed by atoms with Crippen LogP contribution in [0.1, 0.15) is 12.8 Å². The van der Waals surface area contributed by atoms with Crippen molar-refractivity contribution in [3.63, 3.8) is 0 Å². The maximum atomic E-state index is 11.6. The average Bonchev–Trinajstić information content (AvgIpc) is 2.74. The minimum Gasteiger partial charge on any atom is -0.316 e. The summed E-state index contributed by atoms with van der Waals surface area (Å²) >= 11 is 5.70. The quantitative estimate of drug-likeness (QED) is 0.844. The minimum absolute atomic E-state index is 0.0172. The first-order valence-corrected chi connectivity index (χ1v) is 5.74. The molecule has 0 spiro atoms. The van der Waals surface area contributed by atoms with Crippen LogP contribution in [0.5, 0.6) is 0 Å². The Bertz CT molecular complexity index is 360. The van der Waals surface area contributed by atoms with Gasteiger partial charge in [-0.25, -0.2) is 4.98 Å².